The third kappa shape index (κ3) is 3.07. The van der Waals surface area contributed by atoms with Crippen molar-refractivity contribution in [1.29, 1.82) is 5.26 Å². The Kier molecular flexibility index (Phi) is 4.46. The van der Waals surface area contributed by atoms with Crippen molar-refractivity contribution in [3.05, 3.63) is 47.1 Å². The van der Waals surface area contributed by atoms with Gasteiger partial charge in [-0.3, -0.25) is 4.79 Å². The van der Waals surface area contributed by atoms with Crippen LogP contribution in [-0.4, -0.2) is 5.97 Å². The first-order valence-corrected chi connectivity index (χ1v) is 6.76. The summed E-state index contributed by atoms with van der Waals surface area (Å²) in [5.41, 5.74) is -1.44. The molecule has 1 saturated carbocycles. The van der Waals surface area contributed by atoms with Gasteiger partial charge in [0.2, 0.25) is 0 Å². The van der Waals surface area contributed by atoms with Crippen LogP contribution in [-0.2, 0) is 16.1 Å². The van der Waals surface area contributed by atoms with Gasteiger partial charge in [0.05, 0.1) is 17.6 Å². The molecule has 0 aliphatic heterocycles. The number of hydrogen-bond donors (Lipinski definition) is 0. The third-order valence-electron chi connectivity index (χ3n) is 4.10. The maximum Gasteiger partial charge on any atom is 0.310 e. The fraction of sp³-hybridized carbons (Fsp3) is 0.375. The molecule has 0 heterocycles. The first-order valence-electron chi connectivity index (χ1n) is 6.76. The van der Waals surface area contributed by atoms with Crippen molar-refractivity contribution in [2.75, 3.05) is 0 Å². The van der Waals surface area contributed by atoms with Crippen LogP contribution in [0, 0.1) is 51.9 Å². The molecule has 0 saturated heterocycles. The Morgan fingerprint density at radius 1 is 1.30 bits per heavy atom. The minimum Gasteiger partial charge on any atom is -0.460 e. The van der Waals surface area contributed by atoms with E-state index in [0.717, 1.165) is 0 Å². The molecule has 0 spiro atoms. The summed E-state index contributed by atoms with van der Waals surface area (Å²) in [5.74, 6) is -7.87. The maximum absolute atomic E-state index is 13.5. The van der Waals surface area contributed by atoms with Crippen LogP contribution >= 0.6 is 0 Å². The SMILES string of the molecule is CC1(C)[C@H](/C=C/C#N)[C@H]1C(=O)OCc1c(F)c(F)cc(F)c1F. The number of benzene rings is 1. The normalized spacial score (nSPS) is 22.0. The lowest BCUT2D eigenvalue weighted by atomic mass is 10.1. The summed E-state index contributed by atoms with van der Waals surface area (Å²) < 4.78 is 57.9. The van der Waals surface area contributed by atoms with E-state index in [0.29, 0.717) is 0 Å². The summed E-state index contributed by atoms with van der Waals surface area (Å²) in [4.78, 5) is 12.0. The third-order valence-corrected chi connectivity index (χ3v) is 4.10. The lowest BCUT2D eigenvalue weighted by molar-refractivity contribution is -0.147. The lowest BCUT2D eigenvalue weighted by Crippen LogP contribution is -2.13. The Hall–Kier alpha value is -2.36. The summed E-state index contributed by atoms with van der Waals surface area (Å²) >= 11 is 0. The van der Waals surface area contributed by atoms with Gasteiger partial charge in [0, 0.05) is 12.1 Å². The summed E-state index contributed by atoms with van der Waals surface area (Å²) in [6.45, 7) is 2.63. The van der Waals surface area contributed by atoms with Gasteiger partial charge in [-0.1, -0.05) is 19.9 Å². The van der Waals surface area contributed by atoms with E-state index >= 15 is 0 Å². The molecule has 122 valence electrons. The molecule has 0 N–H and O–H groups in total. The van der Waals surface area contributed by atoms with Crippen LogP contribution in [0.4, 0.5) is 17.6 Å². The molecule has 3 nitrogen and oxygen atoms in total. The largest absolute Gasteiger partial charge is 0.460 e. The van der Waals surface area contributed by atoms with Crippen molar-refractivity contribution < 1.29 is 27.1 Å². The van der Waals surface area contributed by atoms with Crippen molar-refractivity contribution in [2.24, 2.45) is 17.3 Å². The number of esters is 1. The molecule has 1 fully saturated rings. The van der Waals surface area contributed by atoms with Crippen LogP contribution in [0.15, 0.2) is 18.2 Å². The van der Waals surface area contributed by atoms with Gasteiger partial charge < -0.3 is 4.74 Å². The Morgan fingerprint density at radius 2 is 1.87 bits per heavy atom. The van der Waals surface area contributed by atoms with Gasteiger partial charge in [0.15, 0.2) is 23.3 Å². The second kappa shape index (κ2) is 6.03. The predicted molar refractivity (Wildman–Crippen MR) is 71.6 cm³/mol. The Bertz CT molecular complexity index is 696. The second-order valence-corrected chi connectivity index (χ2v) is 5.87. The van der Waals surface area contributed by atoms with Crippen LogP contribution in [0.5, 0.6) is 0 Å². The van der Waals surface area contributed by atoms with Crippen LogP contribution in [0.1, 0.15) is 19.4 Å². The van der Waals surface area contributed by atoms with E-state index in [9.17, 15) is 22.4 Å². The molecule has 0 bridgehead atoms. The fourth-order valence-electron chi connectivity index (χ4n) is 2.62. The molecule has 1 aromatic carbocycles. The number of nitriles is 1. The van der Waals surface area contributed by atoms with Crippen LogP contribution in [0.3, 0.4) is 0 Å². The monoisotopic (exact) mass is 327 g/mol. The molecular weight excluding hydrogens is 314 g/mol. The highest BCUT2D eigenvalue weighted by Gasteiger charge is 2.61. The first-order chi connectivity index (χ1) is 10.7. The van der Waals surface area contributed by atoms with E-state index < -0.39 is 52.7 Å². The van der Waals surface area contributed by atoms with Crippen LogP contribution < -0.4 is 0 Å². The first kappa shape index (κ1) is 17.0. The number of hydrogen-bond acceptors (Lipinski definition) is 3. The van der Waals surface area contributed by atoms with Crippen LogP contribution in [0.2, 0.25) is 0 Å². The van der Waals surface area contributed by atoms with Gasteiger partial charge in [0.25, 0.3) is 0 Å². The zero-order valence-electron chi connectivity index (χ0n) is 12.4. The summed E-state index contributed by atoms with van der Waals surface area (Å²) in [6, 6.07) is 1.89. The van der Waals surface area contributed by atoms with E-state index in [4.69, 9.17) is 10.00 Å². The molecule has 0 aromatic heterocycles. The molecule has 0 amide bonds. The zero-order chi connectivity index (χ0) is 17.4. The molecule has 2 atom stereocenters. The quantitative estimate of drug-likeness (QED) is 0.367. The van der Waals surface area contributed by atoms with Crippen LogP contribution in [0.25, 0.3) is 0 Å². The van der Waals surface area contributed by atoms with Crippen molar-refractivity contribution in [1.82, 2.24) is 0 Å². The van der Waals surface area contributed by atoms with Gasteiger partial charge in [-0.15, -0.1) is 0 Å². The Labute approximate surface area is 130 Å². The second-order valence-electron chi connectivity index (χ2n) is 5.87. The number of halogens is 4. The van der Waals surface area contributed by atoms with Crippen molar-refractivity contribution in [2.45, 2.75) is 20.5 Å². The standard InChI is InChI=1S/C16H13F4NO2/c1-16(2)9(4-3-5-21)12(16)15(22)23-7-8-13(19)10(17)6-11(18)14(8)20/h3-4,6,9,12H,7H2,1-2H3/b4-3+/t9-,12+/m1/s1. The summed E-state index contributed by atoms with van der Waals surface area (Å²) in [7, 11) is 0. The highest BCUT2D eigenvalue weighted by molar-refractivity contribution is 5.78. The van der Waals surface area contributed by atoms with E-state index in [1.165, 1.54) is 6.08 Å². The smallest absolute Gasteiger partial charge is 0.310 e. The summed E-state index contributed by atoms with van der Waals surface area (Å²) in [5, 5.41) is 8.50. The van der Waals surface area contributed by atoms with Gasteiger partial charge in [-0.2, -0.15) is 5.26 Å². The van der Waals surface area contributed by atoms with Crippen molar-refractivity contribution in [3.8, 4) is 6.07 Å². The lowest BCUT2D eigenvalue weighted by Gasteiger charge is -2.09. The molecule has 1 aromatic rings. The van der Waals surface area contributed by atoms with E-state index in [2.05, 4.69) is 0 Å². The number of carbonyl (C=O) groups excluding carboxylic acids is 1. The number of carbonyl (C=O) groups is 1. The zero-order valence-corrected chi connectivity index (χ0v) is 12.4. The van der Waals surface area contributed by atoms with Gasteiger partial charge in [0.1, 0.15) is 6.61 Å². The molecule has 1 aliphatic carbocycles. The van der Waals surface area contributed by atoms with Gasteiger partial charge >= 0.3 is 5.97 Å². The molecule has 0 unspecified atom stereocenters. The number of allylic oxidation sites excluding steroid dienone is 2. The molecule has 7 heteroatoms. The molecule has 23 heavy (non-hydrogen) atoms. The predicted octanol–water partition coefficient (Wildman–Crippen LogP) is 3.64. The Balaban J connectivity index is 2.10. The average molecular weight is 327 g/mol. The number of nitrogens with zero attached hydrogens (tertiary/aromatic N) is 1. The minimum atomic E-state index is -1.59. The van der Waals surface area contributed by atoms with Crippen molar-refractivity contribution in [3.63, 3.8) is 0 Å². The number of rotatable bonds is 4. The van der Waals surface area contributed by atoms with Crippen molar-refractivity contribution >= 4 is 5.97 Å². The highest BCUT2D eigenvalue weighted by Crippen LogP contribution is 2.59. The molecular formula is C16H13F4NO2. The average Bonchev–Trinajstić information content (AvgIpc) is 3.04. The summed E-state index contributed by atoms with van der Waals surface area (Å²) in [6.07, 6.45) is 2.79. The Morgan fingerprint density at radius 3 is 2.39 bits per heavy atom. The molecule has 2 rings (SSSR count). The van der Waals surface area contributed by atoms with Gasteiger partial charge in [-0.25, -0.2) is 17.6 Å². The van der Waals surface area contributed by atoms with E-state index in [1.54, 1.807) is 26.0 Å². The topological polar surface area (TPSA) is 50.1 Å². The van der Waals surface area contributed by atoms with Gasteiger partial charge in [-0.05, 0) is 11.3 Å². The highest BCUT2D eigenvalue weighted by atomic mass is 19.2. The van der Waals surface area contributed by atoms with E-state index in [-0.39, 0.29) is 12.0 Å². The van der Waals surface area contributed by atoms with E-state index in [1.807, 2.05) is 0 Å². The molecule has 1 aliphatic rings. The maximum atomic E-state index is 13.5. The number of ether oxygens (including phenoxy) is 1. The fourth-order valence-corrected chi connectivity index (χ4v) is 2.62. The minimum absolute atomic E-state index is 0.0860. The molecule has 0 radical (unpaired) electrons.